The number of thiophene rings is 1. The Bertz CT molecular complexity index is 792. The van der Waals surface area contributed by atoms with Crippen molar-refractivity contribution in [3.05, 3.63) is 40.5 Å². The number of rotatable bonds is 6. The van der Waals surface area contributed by atoms with Crippen molar-refractivity contribution in [3.8, 4) is 11.4 Å². The number of carbonyl (C=O) groups is 1. The number of carbonyl (C=O) groups excluding carboxylic acids is 1. The lowest BCUT2D eigenvalue weighted by Crippen LogP contribution is -2.24. The highest BCUT2D eigenvalue weighted by Crippen LogP contribution is 2.25. The molecule has 0 fully saturated rings. The number of aromatic nitrogens is 3. The SMILES string of the molecule is Cc1occc1-c1nnc(SCC(=O)NCc2cccs2)n1C. The molecule has 0 aromatic carbocycles. The first kappa shape index (κ1) is 15.8. The average Bonchev–Trinajstić information content (AvgIpc) is 3.25. The first-order valence-electron chi connectivity index (χ1n) is 7.01. The van der Waals surface area contributed by atoms with E-state index in [2.05, 4.69) is 15.5 Å². The highest BCUT2D eigenvalue weighted by atomic mass is 32.2. The van der Waals surface area contributed by atoms with Crippen LogP contribution in [0.3, 0.4) is 0 Å². The highest BCUT2D eigenvalue weighted by Gasteiger charge is 2.15. The van der Waals surface area contributed by atoms with Gasteiger partial charge in [-0.25, -0.2) is 0 Å². The fraction of sp³-hybridized carbons (Fsp3) is 0.267. The zero-order valence-corrected chi connectivity index (χ0v) is 14.4. The van der Waals surface area contributed by atoms with Crippen molar-refractivity contribution < 1.29 is 9.21 Å². The normalized spacial score (nSPS) is 10.9. The Labute approximate surface area is 141 Å². The first-order chi connectivity index (χ1) is 11.1. The molecule has 3 aromatic heterocycles. The van der Waals surface area contributed by atoms with Crippen LogP contribution in [-0.2, 0) is 18.4 Å². The van der Waals surface area contributed by atoms with E-state index in [1.807, 2.05) is 42.1 Å². The van der Waals surface area contributed by atoms with Gasteiger partial charge in [0.05, 0.1) is 24.1 Å². The minimum Gasteiger partial charge on any atom is -0.469 e. The maximum atomic E-state index is 11.9. The number of thioether (sulfide) groups is 1. The van der Waals surface area contributed by atoms with E-state index in [-0.39, 0.29) is 5.91 Å². The minimum atomic E-state index is -0.0209. The molecule has 0 aliphatic heterocycles. The summed E-state index contributed by atoms with van der Waals surface area (Å²) in [4.78, 5) is 13.1. The smallest absolute Gasteiger partial charge is 0.230 e. The molecule has 0 unspecified atom stereocenters. The van der Waals surface area contributed by atoms with Crippen molar-refractivity contribution in [1.29, 1.82) is 0 Å². The third-order valence-electron chi connectivity index (χ3n) is 3.31. The van der Waals surface area contributed by atoms with Crippen LogP contribution in [0.25, 0.3) is 11.4 Å². The molecule has 1 N–H and O–H groups in total. The first-order valence-corrected chi connectivity index (χ1v) is 8.87. The molecule has 0 atom stereocenters. The van der Waals surface area contributed by atoms with E-state index in [1.54, 1.807) is 17.6 Å². The summed E-state index contributed by atoms with van der Waals surface area (Å²) in [7, 11) is 1.88. The standard InChI is InChI=1S/C15H16N4O2S2/c1-10-12(5-6-21-10)14-17-18-15(19(14)2)23-9-13(20)16-8-11-4-3-7-22-11/h3-7H,8-9H2,1-2H3,(H,16,20). The summed E-state index contributed by atoms with van der Waals surface area (Å²) in [5, 5.41) is 13.9. The van der Waals surface area contributed by atoms with Crippen LogP contribution in [0.4, 0.5) is 0 Å². The van der Waals surface area contributed by atoms with Crippen LogP contribution in [0.1, 0.15) is 10.6 Å². The van der Waals surface area contributed by atoms with Gasteiger partial charge in [-0.2, -0.15) is 0 Å². The molecule has 23 heavy (non-hydrogen) atoms. The summed E-state index contributed by atoms with van der Waals surface area (Å²) in [6, 6.07) is 5.83. The molecule has 0 radical (unpaired) electrons. The van der Waals surface area contributed by atoms with Gasteiger partial charge in [0.15, 0.2) is 11.0 Å². The minimum absolute atomic E-state index is 0.0209. The summed E-state index contributed by atoms with van der Waals surface area (Å²) >= 11 is 2.99. The van der Waals surface area contributed by atoms with E-state index >= 15 is 0 Å². The quantitative estimate of drug-likeness (QED) is 0.694. The van der Waals surface area contributed by atoms with Crippen LogP contribution in [0.5, 0.6) is 0 Å². The van der Waals surface area contributed by atoms with E-state index in [0.29, 0.717) is 17.5 Å². The van der Waals surface area contributed by atoms with Crippen LogP contribution in [-0.4, -0.2) is 26.4 Å². The van der Waals surface area contributed by atoms with Crippen molar-refractivity contribution in [2.24, 2.45) is 7.05 Å². The Balaban J connectivity index is 1.57. The highest BCUT2D eigenvalue weighted by molar-refractivity contribution is 7.99. The topological polar surface area (TPSA) is 72.9 Å². The van der Waals surface area contributed by atoms with Gasteiger partial charge in [-0.15, -0.1) is 21.5 Å². The van der Waals surface area contributed by atoms with Crippen molar-refractivity contribution in [1.82, 2.24) is 20.1 Å². The second kappa shape index (κ2) is 7.01. The molecule has 0 bridgehead atoms. The Kier molecular flexibility index (Phi) is 4.82. The summed E-state index contributed by atoms with van der Waals surface area (Å²) in [5.41, 5.74) is 0.911. The molecule has 120 valence electrons. The summed E-state index contributed by atoms with van der Waals surface area (Å²) in [5.74, 6) is 1.82. The number of nitrogens with one attached hydrogen (secondary N) is 1. The maximum Gasteiger partial charge on any atom is 0.230 e. The molecule has 0 aliphatic carbocycles. The predicted molar refractivity (Wildman–Crippen MR) is 90.3 cm³/mol. The van der Waals surface area contributed by atoms with Gasteiger partial charge in [-0.1, -0.05) is 17.8 Å². The molecule has 8 heteroatoms. The molecule has 6 nitrogen and oxygen atoms in total. The predicted octanol–water partition coefficient (Wildman–Crippen LogP) is 2.85. The van der Waals surface area contributed by atoms with E-state index in [9.17, 15) is 4.79 Å². The second-order valence-electron chi connectivity index (χ2n) is 4.90. The maximum absolute atomic E-state index is 11.9. The summed E-state index contributed by atoms with van der Waals surface area (Å²) in [6.45, 7) is 2.45. The third-order valence-corrected chi connectivity index (χ3v) is 5.20. The molecule has 3 aromatic rings. The Morgan fingerprint density at radius 3 is 3.00 bits per heavy atom. The Morgan fingerprint density at radius 1 is 1.43 bits per heavy atom. The molecule has 0 saturated carbocycles. The van der Waals surface area contributed by atoms with E-state index in [4.69, 9.17) is 4.42 Å². The second-order valence-corrected chi connectivity index (χ2v) is 6.88. The largest absolute Gasteiger partial charge is 0.469 e. The lowest BCUT2D eigenvalue weighted by molar-refractivity contribution is -0.118. The number of amides is 1. The third kappa shape index (κ3) is 3.65. The molecular weight excluding hydrogens is 332 g/mol. The zero-order chi connectivity index (χ0) is 16.2. The number of nitrogens with zero attached hydrogens (tertiary/aromatic N) is 3. The van der Waals surface area contributed by atoms with Gasteiger partial charge < -0.3 is 14.3 Å². The summed E-state index contributed by atoms with van der Waals surface area (Å²) in [6.07, 6.45) is 1.63. The molecule has 1 amide bonds. The van der Waals surface area contributed by atoms with Crippen LogP contribution in [0, 0.1) is 6.92 Å². The number of aryl methyl sites for hydroxylation is 1. The molecule has 0 aliphatic rings. The number of hydrogen-bond donors (Lipinski definition) is 1. The van der Waals surface area contributed by atoms with E-state index in [0.717, 1.165) is 22.0 Å². The average molecular weight is 348 g/mol. The molecule has 0 saturated heterocycles. The van der Waals surface area contributed by atoms with Crippen molar-refractivity contribution >= 4 is 29.0 Å². The zero-order valence-electron chi connectivity index (χ0n) is 12.8. The lowest BCUT2D eigenvalue weighted by atomic mass is 10.2. The van der Waals surface area contributed by atoms with Crippen molar-refractivity contribution in [2.75, 3.05) is 5.75 Å². The monoisotopic (exact) mass is 348 g/mol. The van der Waals surface area contributed by atoms with Gasteiger partial charge in [0.1, 0.15) is 5.76 Å². The van der Waals surface area contributed by atoms with Gasteiger partial charge in [0.25, 0.3) is 0 Å². The van der Waals surface area contributed by atoms with Gasteiger partial charge in [0, 0.05) is 11.9 Å². The Morgan fingerprint density at radius 2 is 2.30 bits per heavy atom. The fourth-order valence-electron chi connectivity index (χ4n) is 2.07. The van der Waals surface area contributed by atoms with Crippen LogP contribution in [0.2, 0.25) is 0 Å². The number of furan rings is 1. The van der Waals surface area contributed by atoms with Crippen LogP contribution < -0.4 is 5.32 Å². The number of hydrogen-bond acceptors (Lipinski definition) is 6. The molecule has 3 rings (SSSR count). The van der Waals surface area contributed by atoms with Gasteiger partial charge in [0.2, 0.25) is 5.91 Å². The van der Waals surface area contributed by atoms with E-state index in [1.165, 1.54) is 11.8 Å². The fourth-order valence-corrected chi connectivity index (χ4v) is 3.46. The van der Waals surface area contributed by atoms with Crippen LogP contribution >= 0.6 is 23.1 Å². The molecule has 0 spiro atoms. The van der Waals surface area contributed by atoms with Gasteiger partial charge in [-0.05, 0) is 24.4 Å². The molecule has 3 heterocycles. The van der Waals surface area contributed by atoms with Crippen LogP contribution in [0.15, 0.2) is 39.4 Å². The van der Waals surface area contributed by atoms with Crippen molar-refractivity contribution in [2.45, 2.75) is 18.6 Å². The van der Waals surface area contributed by atoms with Gasteiger partial charge in [-0.3, -0.25) is 4.79 Å². The lowest BCUT2D eigenvalue weighted by Gasteiger charge is -2.04. The van der Waals surface area contributed by atoms with Crippen molar-refractivity contribution in [3.63, 3.8) is 0 Å². The Hall–Kier alpha value is -2.06. The van der Waals surface area contributed by atoms with Gasteiger partial charge >= 0.3 is 0 Å². The summed E-state index contributed by atoms with van der Waals surface area (Å²) < 4.78 is 7.17. The molecular formula is C15H16N4O2S2. The van der Waals surface area contributed by atoms with E-state index < -0.39 is 0 Å².